The second-order valence-corrected chi connectivity index (χ2v) is 5.25. The van der Waals surface area contributed by atoms with Crippen LogP contribution in [0.1, 0.15) is 55.1 Å². The first-order chi connectivity index (χ1) is 9.93. The van der Waals surface area contributed by atoms with Gasteiger partial charge in [0.2, 0.25) is 5.91 Å². The number of aromatic nitrogens is 1. The minimum atomic E-state index is -0.310. The number of nitrogens with one attached hydrogen (secondary N) is 2. The van der Waals surface area contributed by atoms with Crippen LogP contribution in [0.15, 0.2) is 12.1 Å². The van der Waals surface area contributed by atoms with Crippen LogP contribution in [0.5, 0.6) is 0 Å². The lowest BCUT2D eigenvalue weighted by Gasteiger charge is -2.11. The number of amides is 2. The van der Waals surface area contributed by atoms with E-state index in [0.717, 1.165) is 12.1 Å². The Kier molecular flexibility index (Phi) is 6.65. The lowest BCUT2D eigenvalue weighted by atomic mass is 10.1. The van der Waals surface area contributed by atoms with Gasteiger partial charge in [0, 0.05) is 31.3 Å². The summed E-state index contributed by atoms with van der Waals surface area (Å²) in [4.78, 5) is 27.2. The van der Waals surface area contributed by atoms with Gasteiger partial charge in [0.1, 0.15) is 5.82 Å². The zero-order chi connectivity index (χ0) is 15.8. The highest BCUT2D eigenvalue weighted by molar-refractivity contribution is 5.95. The molecule has 4 N–H and O–H groups in total. The van der Waals surface area contributed by atoms with Crippen molar-refractivity contribution in [3.05, 3.63) is 23.4 Å². The second-order valence-electron chi connectivity index (χ2n) is 5.25. The number of nitrogens with two attached hydrogens (primary N) is 1. The van der Waals surface area contributed by atoms with Crippen LogP contribution in [0.4, 0.5) is 5.82 Å². The van der Waals surface area contributed by atoms with E-state index in [1.54, 1.807) is 13.1 Å². The number of carbonyl (C=O) groups excluding carboxylic acids is 2. The average molecular weight is 292 g/mol. The molecule has 6 heteroatoms. The van der Waals surface area contributed by atoms with Crippen LogP contribution in [0.25, 0.3) is 0 Å². The molecule has 0 fully saturated rings. The Morgan fingerprint density at radius 1 is 1.29 bits per heavy atom. The molecule has 0 atom stereocenters. The van der Waals surface area contributed by atoms with E-state index in [2.05, 4.69) is 15.6 Å². The minimum Gasteiger partial charge on any atom is -0.373 e. The molecule has 116 valence electrons. The van der Waals surface area contributed by atoms with Gasteiger partial charge >= 0.3 is 0 Å². The van der Waals surface area contributed by atoms with Gasteiger partial charge in [-0.2, -0.15) is 0 Å². The van der Waals surface area contributed by atoms with Gasteiger partial charge in [-0.05, 0) is 30.9 Å². The topological polar surface area (TPSA) is 97.1 Å². The maximum atomic E-state index is 12.1. The molecular formula is C15H24N4O2. The van der Waals surface area contributed by atoms with Gasteiger partial charge in [-0.25, -0.2) is 4.98 Å². The third-order valence-corrected chi connectivity index (χ3v) is 3.09. The molecule has 0 saturated heterocycles. The van der Waals surface area contributed by atoms with Crippen LogP contribution in [0, 0.1) is 0 Å². The maximum absolute atomic E-state index is 12.1. The first-order valence-corrected chi connectivity index (χ1v) is 7.20. The van der Waals surface area contributed by atoms with Gasteiger partial charge in [0.05, 0.1) is 0 Å². The zero-order valence-electron chi connectivity index (χ0n) is 12.9. The summed E-state index contributed by atoms with van der Waals surface area (Å²) in [6, 6.07) is 3.54. The summed E-state index contributed by atoms with van der Waals surface area (Å²) < 4.78 is 0. The first-order valence-electron chi connectivity index (χ1n) is 7.20. The third-order valence-electron chi connectivity index (χ3n) is 3.09. The Morgan fingerprint density at radius 2 is 2.00 bits per heavy atom. The van der Waals surface area contributed by atoms with Crippen LogP contribution in [0.2, 0.25) is 0 Å². The number of hydrogen-bond acceptors (Lipinski definition) is 4. The molecule has 1 heterocycles. The van der Waals surface area contributed by atoms with Crippen molar-refractivity contribution in [1.29, 1.82) is 0 Å². The maximum Gasteiger partial charge on any atom is 0.251 e. The van der Waals surface area contributed by atoms with Crippen molar-refractivity contribution in [2.75, 3.05) is 18.9 Å². The van der Waals surface area contributed by atoms with Gasteiger partial charge in [-0.3, -0.25) is 9.59 Å². The van der Waals surface area contributed by atoms with Crippen LogP contribution >= 0.6 is 0 Å². The monoisotopic (exact) mass is 292 g/mol. The Bertz CT molecular complexity index is 500. The van der Waals surface area contributed by atoms with Crippen molar-refractivity contribution in [3.63, 3.8) is 0 Å². The number of unbranched alkanes of at least 4 members (excludes halogenated alkanes) is 1. The largest absolute Gasteiger partial charge is 0.373 e. The highest BCUT2D eigenvalue weighted by Gasteiger charge is 2.11. The van der Waals surface area contributed by atoms with E-state index in [1.165, 1.54) is 0 Å². The second kappa shape index (κ2) is 8.24. The molecule has 0 aliphatic rings. The Morgan fingerprint density at radius 3 is 2.57 bits per heavy atom. The molecule has 0 aromatic carbocycles. The molecule has 6 nitrogen and oxygen atoms in total. The minimum absolute atomic E-state index is 0.130. The fraction of sp³-hybridized carbons (Fsp3) is 0.533. The molecule has 0 aliphatic heterocycles. The van der Waals surface area contributed by atoms with E-state index in [4.69, 9.17) is 5.73 Å². The van der Waals surface area contributed by atoms with Crippen LogP contribution in [0.3, 0.4) is 0 Å². The molecule has 0 bridgehead atoms. The summed E-state index contributed by atoms with van der Waals surface area (Å²) in [5.74, 6) is 0.492. The Balaban J connectivity index is 2.60. The third kappa shape index (κ3) is 5.81. The van der Waals surface area contributed by atoms with Gasteiger partial charge in [0.25, 0.3) is 5.91 Å². The van der Waals surface area contributed by atoms with E-state index in [-0.39, 0.29) is 17.7 Å². The number of anilines is 1. The Hall–Kier alpha value is -2.11. The molecule has 0 spiro atoms. The molecule has 0 unspecified atom stereocenters. The summed E-state index contributed by atoms with van der Waals surface area (Å²) in [6.07, 6.45) is 1.77. The molecule has 0 saturated carbocycles. The van der Waals surface area contributed by atoms with E-state index in [1.807, 2.05) is 19.9 Å². The predicted molar refractivity (Wildman–Crippen MR) is 83.3 cm³/mol. The SMILES string of the molecule is CNc1cc(C(=O)NCCCCC(N)=O)cc(C(C)C)n1. The van der Waals surface area contributed by atoms with Crippen molar-refractivity contribution >= 4 is 17.6 Å². The van der Waals surface area contributed by atoms with Crippen LogP contribution in [-0.2, 0) is 4.79 Å². The van der Waals surface area contributed by atoms with Crippen molar-refractivity contribution in [3.8, 4) is 0 Å². The van der Waals surface area contributed by atoms with Gasteiger partial charge in [0.15, 0.2) is 0 Å². The number of rotatable bonds is 8. The molecule has 1 aromatic heterocycles. The first kappa shape index (κ1) is 16.9. The highest BCUT2D eigenvalue weighted by atomic mass is 16.2. The summed E-state index contributed by atoms with van der Waals surface area (Å²) in [5, 5.41) is 5.81. The molecular weight excluding hydrogens is 268 g/mol. The standard InChI is InChI=1S/C15H24N4O2/c1-10(2)12-8-11(9-14(17-3)19-12)15(21)18-7-5-4-6-13(16)20/h8-10H,4-7H2,1-3H3,(H2,16,20)(H,17,19)(H,18,21). The number of pyridine rings is 1. The number of nitrogens with zero attached hydrogens (tertiary/aromatic N) is 1. The van der Waals surface area contributed by atoms with E-state index < -0.39 is 0 Å². The molecule has 0 aliphatic carbocycles. The van der Waals surface area contributed by atoms with E-state index >= 15 is 0 Å². The van der Waals surface area contributed by atoms with Crippen LogP contribution in [-0.4, -0.2) is 30.4 Å². The van der Waals surface area contributed by atoms with Crippen molar-refractivity contribution in [2.24, 2.45) is 5.73 Å². The highest BCUT2D eigenvalue weighted by Crippen LogP contribution is 2.17. The van der Waals surface area contributed by atoms with Crippen LogP contribution < -0.4 is 16.4 Å². The number of carbonyl (C=O) groups is 2. The molecule has 2 amide bonds. The summed E-state index contributed by atoms with van der Waals surface area (Å²) in [6.45, 7) is 4.60. The summed E-state index contributed by atoms with van der Waals surface area (Å²) in [5.41, 5.74) is 6.53. The van der Waals surface area contributed by atoms with Crippen molar-refractivity contribution in [1.82, 2.24) is 10.3 Å². The lowest BCUT2D eigenvalue weighted by Crippen LogP contribution is -2.25. The fourth-order valence-corrected chi connectivity index (χ4v) is 1.84. The molecule has 1 aromatic rings. The van der Waals surface area contributed by atoms with Gasteiger partial charge in [-0.1, -0.05) is 13.8 Å². The summed E-state index contributed by atoms with van der Waals surface area (Å²) >= 11 is 0. The predicted octanol–water partition coefficient (Wildman–Crippen LogP) is 1.63. The lowest BCUT2D eigenvalue weighted by molar-refractivity contribution is -0.118. The smallest absolute Gasteiger partial charge is 0.251 e. The van der Waals surface area contributed by atoms with Gasteiger partial charge < -0.3 is 16.4 Å². The molecule has 21 heavy (non-hydrogen) atoms. The van der Waals surface area contributed by atoms with E-state index in [0.29, 0.717) is 30.8 Å². The normalized spacial score (nSPS) is 10.5. The Labute approximate surface area is 125 Å². The fourth-order valence-electron chi connectivity index (χ4n) is 1.84. The number of primary amides is 1. The zero-order valence-corrected chi connectivity index (χ0v) is 12.9. The molecule has 1 rings (SSSR count). The molecule has 0 radical (unpaired) electrons. The van der Waals surface area contributed by atoms with Gasteiger partial charge in [-0.15, -0.1) is 0 Å². The summed E-state index contributed by atoms with van der Waals surface area (Å²) in [7, 11) is 1.78. The number of hydrogen-bond donors (Lipinski definition) is 3. The average Bonchev–Trinajstić information content (AvgIpc) is 2.45. The van der Waals surface area contributed by atoms with Crippen molar-refractivity contribution < 1.29 is 9.59 Å². The quantitative estimate of drug-likeness (QED) is 0.634. The van der Waals surface area contributed by atoms with E-state index in [9.17, 15) is 9.59 Å². The van der Waals surface area contributed by atoms with Crippen molar-refractivity contribution in [2.45, 2.75) is 39.0 Å².